The highest BCUT2D eigenvalue weighted by Gasteiger charge is 2.38. The molecule has 3 rings (SSSR count). The molecule has 0 aromatic heterocycles. The smallest absolute Gasteiger partial charge is 0.304 e. The Hall–Kier alpha value is -2.67. The van der Waals surface area contributed by atoms with Gasteiger partial charge in [-0.1, -0.05) is 29.8 Å². The third-order valence-corrected chi connectivity index (χ3v) is 6.13. The molecule has 0 amide bonds. The number of hydrogen-bond donors (Lipinski definition) is 1. The first-order valence-electron chi connectivity index (χ1n) is 7.74. The molecule has 2 aromatic carbocycles. The molecular weight excluding hydrogens is 342 g/mol. The average Bonchev–Trinajstić information content (AvgIpc) is 2.94. The normalized spacial score (nSPS) is 16.5. The van der Waals surface area contributed by atoms with Crippen molar-refractivity contribution in [2.45, 2.75) is 24.2 Å². The Morgan fingerprint density at radius 3 is 2.52 bits per heavy atom. The van der Waals surface area contributed by atoms with E-state index in [0.29, 0.717) is 23.1 Å². The minimum atomic E-state index is -3.84. The van der Waals surface area contributed by atoms with Crippen LogP contribution in [0.15, 0.2) is 47.4 Å². The Morgan fingerprint density at radius 1 is 1.24 bits per heavy atom. The number of carboxylic acids is 1. The molecule has 1 aliphatic heterocycles. The number of fused-ring (bicyclic) bond motifs is 1. The van der Waals surface area contributed by atoms with Crippen molar-refractivity contribution in [1.29, 1.82) is 0 Å². The van der Waals surface area contributed by atoms with Crippen molar-refractivity contribution in [3.8, 4) is 0 Å². The zero-order chi connectivity index (χ0) is 18.2. The molecule has 0 radical (unpaired) electrons. The number of carboxylic acid groups (broad SMARTS) is 1. The molecule has 6 nitrogen and oxygen atoms in total. The molecule has 1 N–H and O–H groups in total. The van der Waals surface area contributed by atoms with Crippen molar-refractivity contribution in [1.82, 2.24) is 0 Å². The Kier molecular flexibility index (Phi) is 4.34. The van der Waals surface area contributed by atoms with Gasteiger partial charge >= 0.3 is 5.97 Å². The fourth-order valence-corrected chi connectivity index (χ4v) is 4.70. The fourth-order valence-electron chi connectivity index (χ4n) is 3.17. The number of aliphatic carboxylic acids is 1. The maximum absolute atomic E-state index is 13.0. The van der Waals surface area contributed by atoms with Gasteiger partial charge < -0.3 is 5.11 Å². The first kappa shape index (κ1) is 17.2. The van der Waals surface area contributed by atoms with Crippen molar-refractivity contribution in [2.24, 2.45) is 0 Å². The first-order chi connectivity index (χ1) is 11.8. The highest BCUT2D eigenvalue weighted by atomic mass is 32.2. The van der Waals surface area contributed by atoms with Crippen LogP contribution < -0.4 is 4.31 Å². The zero-order valence-electron chi connectivity index (χ0n) is 13.5. The number of aryl methyl sites for hydroxylation is 1. The number of carbonyl (C=O) groups is 2. The number of sulfonamides is 1. The number of hydrogen-bond acceptors (Lipinski definition) is 4. The maximum atomic E-state index is 13.0. The van der Waals surface area contributed by atoms with Crippen LogP contribution in [0.1, 0.15) is 33.8 Å². The summed E-state index contributed by atoms with van der Waals surface area (Å²) < 4.78 is 27.3. The number of aldehydes is 1. The predicted octanol–water partition coefficient (Wildman–Crippen LogP) is 2.57. The largest absolute Gasteiger partial charge is 0.481 e. The van der Waals surface area contributed by atoms with Crippen LogP contribution in [0.25, 0.3) is 0 Å². The second kappa shape index (κ2) is 6.33. The van der Waals surface area contributed by atoms with Crippen LogP contribution in [0.2, 0.25) is 0 Å². The Labute approximate surface area is 145 Å². The summed E-state index contributed by atoms with van der Waals surface area (Å²) in [5.41, 5.74) is 2.12. The second-order valence-corrected chi connectivity index (χ2v) is 7.90. The Balaban J connectivity index is 2.11. The van der Waals surface area contributed by atoms with Gasteiger partial charge in [-0.3, -0.25) is 13.9 Å². The lowest BCUT2D eigenvalue weighted by atomic mass is 9.94. The third kappa shape index (κ3) is 3.02. The molecule has 1 heterocycles. The molecule has 25 heavy (non-hydrogen) atoms. The molecule has 0 fully saturated rings. The molecular formula is C18H17NO5S. The van der Waals surface area contributed by atoms with Gasteiger partial charge in [-0.25, -0.2) is 8.42 Å². The molecule has 1 atom stereocenters. The quantitative estimate of drug-likeness (QED) is 0.829. The van der Waals surface area contributed by atoms with Crippen LogP contribution in [0, 0.1) is 6.92 Å². The van der Waals surface area contributed by atoms with Crippen molar-refractivity contribution in [3.63, 3.8) is 0 Å². The van der Waals surface area contributed by atoms with E-state index in [1.54, 1.807) is 30.3 Å². The summed E-state index contributed by atoms with van der Waals surface area (Å²) in [6.07, 6.45) is 0.396. The van der Waals surface area contributed by atoms with Gasteiger partial charge in [-0.15, -0.1) is 0 Å². The van der Waals surface area contributed by atoms with Crippen LogP contribution >= 0.6 is 0 Å². The van der Waals surface area contributed by atoms with Crippen LogP contribution in [-0.2, 0) is 14.8 Å². The van der Waals surface area contributed by atoms with Gasteiger partial charge in [0.1, 0.15) is 6.29 Å². The van der Waals surface area contributed by atoms with Gasteiger partial charge in [-0.05, 0) is 30.7 Å². The van der Waals surface area contributed by atoms with Gasteiger partial charge in [0, 0.05) is 18.0 Å². The van der Waals surface area contributed by atoms with E-state index in [0.717, 1.165) is 5.56 Å². The minimum Gasteiger partial charge on any atom is -0.481 e. The summed E-state index contributed by atoms with van der Waals surface area (Å²) in [6.45, 7) is 1.86. The molecule has 2 aromatic rings. The lowest BCUT2D eigenvalue weighted by Gasteiger charge is -2.20. The molecule has 0 saturated carbocycles. The topological polar surface area (TPSA) is 91.8 Å². The van der Waals surface area contributed by atoms with Gasteiger partial charge in [0.15, 0.2) is 0 Å². The van der Waals surface area contributed by atoms with Gasteiger partial charge in [0.2, 0.25) is 0 Å². The predicted molar refractivity (Wildman–Crippen MR) is 92.5 cm³/mol. The molecule has 0 spiro atoms. The SMILES string of the molecule is Cc1ccc(S(=O)(=O)N2CC(CC(=O)O)c3c(C=O)cccc32)cc1. The lowest BCUT2D eigenvalue weighted by molar-refractivity contribution is -0.137. The van der Waals surface area contributed by atoms with Crippen LogP contribution in [0.5, 0.6) is 0 Å². The summed E-state index contributed by atoms with van der Waals surface area (Å²) >= 11 is 0. The highest BCUT2D eigenvalue weighted by Crippen LogP contribution is 2.42. The monoisotopic (exact) mass is 359 g/mol. The number of carbonyl (C=O) groups excluding carboxylic acids is 1. The molecule has 1 aliphatic rings. The molecule has 1 unspecified atom stereocenters. The molecule has 130 valence electrons. The van der Waals surface area contributed by atoms with E-state index >= 15 is 0 Å². The molecule has 0 aliphatic carbocycles. The zero-order valence-corrected chi connectivity index (χ0v) is 14.4. The van der Waals surface area contributed by atoms with E-state index in [4.69, 9.17) is 5.11 Å². The van der Waals surface area contributed by atoms with Crippen molar-refractivity contribution >= 4 is 28.0 Å². The van der Waals surface area contributed by atoms with E-state index in [9.17, 15) is 18.0 Å². The molecule has 0 bridgehead atoms. The minimum absolute atomic E-state index is 0.00268. The van der Waals surface area contributed by atoms with Crippen molar-refractivity contribution < 1.29 is 23.1 Å². The summed E-state index contributed by atoms with van der Waals surface area (Å²) in [6, 6.07) is 11.2. The number of benzene rings is 2. The average molecular weight is 359 g/mol. The summed E-state index contributed by atoms with van der Waals surface area (Å²) in [5, 5.41) is 9.14. The van der Waals surface area contributed by atoms with Crippen LogP contribution in [0.3, 0.4) is 0 Å². The van der Waals surface area contributed by atoms with E-state index in [2.05, 4.69) is 0 Å². The summed E-state index contributed by atoms with van der Waals surface area (Å²) in [5.74, 6) is -1.60. The number of nitrogens with zero attached hydrogens (tertiary/aromatic N) is 1. The van der Waals surface area contributed by atoms with E-state index in [-0.39, 0.29) is 17.9 Å². The highest BCUT2D eigenvalue weighted by molar-refractivity contribution is 7.92. The fraction of sp³-hybridized carbons (Fsp3) is 0.222. The van der Waals surface area contributed by atoms with E-state index in [1.165, 1.54) is 16.4 Å². The van der Waals surface area contributed by atoms with E-state index < -0.39 is 21.9 Å². The Bertz CT molecular complexity index is 934. The van der Waals surface area contributed by atoms with E-state index in [1.807, 2.05) is 6.92 Å². The second-order valence-electron chi connectivity index (χ2n) is 6.04. The summed E-state index contributed by atoms with van der Waals surface area (Å²) in [4.78, 5) is 22.7. The van der Waals surface area contributed by atoms with Gasteiger partial charge in [0.05, 0.1) is 17.0 Å². The van der Waals surface area contributed by atoms with Crippen molar-refractivity contribution in [3.05, 3.63) is 59.2 Å². The van der Waals surface area contributed by atoms with Crippen molar-refractivity contribution in [2.75, 3.05) is 10.8 Å². The number of anilines is 1. The standard InChI is InChI=1S/C18H17NO5S/c1-12-5-7-15(8-6-12)25(23,24)19-10-14(9-17(21)22)18-13(11-20)3-2-4-16(18)19/h2-8,11,14H,9-10H2,1H3,(H,21,22). The van der Waals surface area contributed by atoms with Gasteiger partial charge in [0.25, 0.3) is 10.0 Å². The summed E-state index contributed by atoms with van der Waals surface area (Å²) in [7, 11) is -3.84. The molecule has 0 saturated heterocycles. The first-order valence-corrected chi connectivity index (χ1v) is 9.18. The maximum Gasteiger partial charge on any atom is 0.304 e. The van der Waals surface area contributed by atoms with Gasteiger partial charge in [-0.2, -0.15) is 0 Å². The Morgan fingerprint density at radius 2 is 1.92 bits per heavy atom. The third-order valence-electron chi connectivity index (χ3n) is 4.34. The lowest BCUT2D eigenvalue weighted by Crippen LogP contribution is -2.30. The molecule has 7 heteroatoms. The van der Waals surface area contributed by atoms with Crippen LogP contribution in [-0.4, -0.2) is 32.3 Å². The number of rotatable bonds is 5. The van der Waals surface area contributed by atoms with Crippen LogP contribution in [0.4, 0.5) is 5.69 Å².